The first-order valence-corrected chi connectivity index (χ1v) is 10.0. The van der Waals surface area contributed by atoms with Gasteiger partial charge in [-0.2, -0.15) is 4.52 Å². The predicted octanol–water partition coefficient (Wildman–Crippen LogP) is 0.617. The number of carbonyl (C=O) groups excluding carboxylic acids is 1. The first kappa shape index (κ1) is 19.1. The number of amides is 1. The number of hydrogen-bond donors (Lipinski definition) is 0. The van der Waals surface area contributed by atoms with Gasteiger partial charge in [0.15, 0.2) is 11.5 Å². The lowest BCUT2D eigenvalue weighted by molar-refractivity contribution is -0.137. The van der Waals surface area contributed by atoms with Gasteiger partial charge in [-0.15, -0.1) is 15.3 Å². The average Bonchev–Trinajstić information content (AvgIpc) is 3.12. The van der Waals surface area contributed by atoms with Crippen LogP contribution in [0.3, 0.4) is 0 Å². The lowest BCUT2D eigenvalue weighted by atomic mass is 9.96. The molecular weight excluding hydrogens is 358 g/mol. The molecule has 2 fully saturated rings. The van der Waals surface area contributed by atoms with Crippen molar-refractivity contribution >= 4 is 17.4 Å². The van der Waals surface area contributed by atoms with E-state index in [4.69, 9.17) is 9.84 Å². The summed E-state index contributed by atoms with van der Waals surface area (Å²) in [6.07, 6.45) is 2.16. The monoisotopic (exact) mass is 387 g/mol. The van der Waals surface area contributed by atoms with Gasteiger partial charge in [0.1, 0.15) is 5.82 Å². The van der Waals surface area contributed by atoms with Crippen LogP contribution in [-0.4, -0.2) is 95.0 Å². The second-order valence-electron chi connectivity index (χ2n) is 7.95. The van der Waals surface area contributed by atoms with E-state index < -0.39 is 0 Å². The molecule has 2 saturated heterocycles. The summed E-state index contributed by atoms with van der Waals surface area (Å²) >= 11 is 0. The van der Waals surface area contributed by atoms with E-state index in [1.54, 1.807) is 6.92 Å². The minimum atomic E-state index is 0.104. The molecule has 2 aliphatic rings. The zero-order valence-corrected chi connectivity index (χ0v) is 16.9. The third-order valence-electron chi connectivity index (χ3n) is 5.73. The maximum Gasteiger partial charge on any atom is 0.219 e. The lowest BCUT2D eigenvalue weighted by Gasteiger charge is -2.37. The number of rotatable bonds is 4. The van der Waals surface area contributed by atoms with Gasteiger partial charge in [0.05, 0.1) is 12.7 Å². The van der Waals surface area contributed by atoms with Crippen molar-refractivity contribution in [2.24, 2.45) is 0 Å². The summed E-state index contributed by atoms with van der Waals surface area (Å²) in [5, 5.41) is 13.4. The van der Waals surface area contributed by atoms with E-state index in [-0.39, 0.29) is 12.0 Å². The molecule has 1 unspecified atom stereocenters. The van der Waals surface area contributed by atoms with Crippen molar-refractivity contribution in [2.75, 3.05) is 58.3 Å². The predicted molar refractivity (Wildman–Crippen MR) is 106 cm³/mol. The molecule has 2 aliphatic heterocycles. The molecule has 0 N–H and O–H groups in total. The van der Waals surface area contributed by atoms with Crippen LogP contribution in [0.2, 0.25) is 0 Å². The highest BCUT2D eigenvalue weighted by atomic mass is 16.5. The molecule has 9 heteroatoms. The van der Waals surface area contributed by atoms with Crippen molar-refractivity contribution in [3.8, 4) is 0 Å². The number of carbonyl (C=O) groups is 1. The molecule has 4 rings (SSSR count). The van der Waals surface area contributed by atoms with Crippen LogP contribution in [0.15, 0.2) is 12.1 Å². The Morgan fingerprint density at radius 2 is 2.00 bits per heavy atom. The van der Waals surface area contributed by atoms with E-state index in [0.29, 0.717) is 25.6 Å². The summed E-state index contributed by atoms with van der Waals surface area (Å²) in [6, 6.07) is 3.93. The highest BCUT2D eigenvalue weighted by Gasteiger charge is 2.29. The van der Waals surface area contributed by atoms with Crippen LogP contribution >= 0.6 is 0 Å². The number of hydrogen-bond acceptors (Lipinski definition) is 7. The Kier molecular flexibility index (Phi) is 5.45. The Balaban J connectivity index is 1.37. The zero-order chi connectivity index (χ0) is 19.7. The highest BCUT2D eigenvalue weighted by Crippen LogP contribution is 2.27. The van der Waals surface area contributed by atoms with E-state index in [0.717, 1.165) is 49.8 Å². The maximum atomic E-state index is 11.6. The molecule has 0 aromatic carbocycles. The van der Waals surface area contributed by atoms with Gasteiger partial charge in [0, 0.05) is 46.6 Å². The number of piperidine rings is 1. The summed E-state index contributed by atoms with van der Waals surface area (Å²) in [7, 11) is 3.97. The van der Waals surface area contributed by atoms with Gasteiger partial charge in [-0.3, -0.25) is 4.79 Å². The van der Waals surface area contributed by atoms with Crippen LogP contribution in [0.1, 0.15) is 31.5 Å². The fourth-order valence-corrected chi connectivity index (χ4v) is 4.07. The Morgan fingerprint density at radius 3 is 2.71 bits per heavy atom. The van der Waals surface area contributed by atoms with E-state index in [9.17, 15) is 4.79 Å². The van der Waals surface area contributed by atoms with Crippen LogP contribution in [0.25, 0.3) is 5.65 Å². The zero-order valence-electron chi connectivity index (χ0n) is 16.9. The maximum absolute atomic E-state index is 11.6. The fraction of sp³-hybridized carbons (Fsp3) is 0.684. The van der Waals surface area contributed by atoms with Crippen LogP contribution in [0.5, 0.6) is 0 Å². The Morgan fingerprint density at radius 1 is 1.21 bits per heavy atom. The Hall–Kier alpha value is -2.26. The normalized spacial score (nSPS) is 22.0. The number of aromatic nitrogens is 4. The summed E-state index contributed by atoms with van der Waals surface area (Å²) in [6.45, 7) is 6.52. The van der Waals surface area contributed by atoms with Gasteiger partial charge < -0.3 is 19.4 Å². The van der Waals surface area contributed by atoms with Crippen LogP contribution < -0.4 is 4.90 Å². The van der Waals surface area contributed by atoms with E-state index in [2.05, 4.69) is 15.1 Å². The second-order valence-corrected chi connectivity index (χ2v) is 7.95. The van der Waals surface area contributed by atoms with Gasteiger partial charge in [-0.1, -0.05) is 0 Å². The van der Waals surface area contributed by atoms with Crippen molar-refractivity contribution in [2.45, 2.75) is 31.8 Å². The Bertz CT molecular complexity index is 829. The van der Waals surface area contributed by atoms with E-state index in [1.165, 1.54) is 0 Å². The molecule has 2 aromatic rings. The number of anilines is 1. The van der Waals surface area contributed by atoms with Crippen molar-refractivity contribution in [3.05, 3.63) is 18.0 Å². The van der Waals surface area contributed by atoms with Crippen molar-refractivity contribution < 1.29 is 9.53 Å². The van der Waals surface area contributed by atoms with Gasteiger partial charge in [-0.05, 0) is 38.1 Å². The number of ether oxygens (including phenoxy) is 1. The molecule has 152 valence electrons. The minimum Gasteiger partial charge on any atom is -0.373 e. The molecule has 28 heavy (non-hydrogen) atoms. The number of fused-ring (bicyclic) bond motifs is 1. The van der Waals surface area contributed by atoms with Crippen LogP contribution in [0, 0.1) is 0 Å². The molecule has 0 bridgehead atoms. The summed E-state index contributed by atoms with van der Waals surface area (Å²) in [4.78, 5) is 17.9. The number of likely N-dealkylation sites (tertiary alicyclic amines) is 1. The SMILES string of the molecule is CC(=O)N1CCOC(CN2CCC(c3nnc4ccc(N(C)C)nn34)CC2)C1. The molecule has 1 atom stereocenters. The molecule has 1 amide bonds. The molecule has 4 heterocycles. The van der Waals surface area contributed by atoms with Gasteiger partial charge in [0.2, 0.25) is 5.91 Å². The summed E-state index contributed by atoms with van der Waals surface area (Å²) in [5.41, 5.74) is 0.794. The average molecular weight is 387 g/mol. The first-order valence-electron chi connectivity index (χ1n) is 10.0. The van der Waals surface area contributed by atoms with Crippen LogP contribution in [0.4, 0.5) is 5.82 Å². The molecule has 0 saturated carbocycles. The highest BCUT2D eigenvalue weighted by molar-refractivity contribution is 5.73. The van der Waals surface area contributed by atoms with E-state index >= 15 is 0 Å². The number of nitrogens with zero attached hydrogens (tertiary/aromatic N) is 7. The molecule has 2 aromatic heterocycles. The number of morpholine rings is 1. The van der Waals surface area contributed by atoms with Crippen LogP contribution in [-0.2, 0) is 9.53 Å². The molecular formula is C19H29N7O2. The van der Waals surface area contributed by atoms with Gasteiger partial charge >= 0.3 is 0 Å². The van der Waals surface area contributed by atoms with E-state index in [1.807, 2.05) is 40.5 Å². The van der Waals surface area contributed by atoms with Gasteiger partial charge in [0.25, 0.3) is 0 Å². The molecule has 9 nitrogen and oxygen atoms in total. The largest absolute Gasteiger partial charge is 0.373 e. The fourth-order valence-electron chi connectivity index (χ4n) is 4.07. The molecule has 0 radical (unpaired) electrons. The second kappa shape index (κ2) is 8.00. The molecule has 0 spiro atoms. The smallest absolute Gasteiger partial charge is 0.219 e. The summed E-state index contributed by atoms with van der Waals surface area (Å²) < 4.78 is 7.77. The van der Waals surface area contributed by atoms with Gasteiger partial charge in [-0.25, -0.2) is 0 Å². The van der Waals surface area contributed by atoms with Crippen molar-refractivity contribution in [1.29, 1.82) is 0 Å². The van der Waals surface area contributed by atoms with Crippen molar-refractivity contribution in [3.63, 3.8) is 0 Å². The third-order valence-corrected chi connectivity index (χ3v) is 5.73. The first-order chi connectivity index (χ1) is 13.5. The Labute approximate surface area is 165 Å². The third kappa shape index (κ3) is 3.95. The standard InChI is InChI=1S/C19H29N7O2/c1-14(27)25-10-11-28-16(13-25)12-24-8-6-15(7-9-24)19-21-20-17-4-5-18(23(2)3)22-26(17)19/h4-5,15-16H,6-13H2,1-3H3. The topological polar surface area (TPSA) is 79.1 Å². The lowest BCUT2D eigenvalue weighted by Crippen LogP contribution is -2.50. The quantitative estimate of drug-likeness (QED) is 0.761. The molecule has 0 aliphatic carbocycles. The van der Waals surface area contributed by atoms with Crippen molar-refractivity contribution in [1.82, 2.24) is 29.6 Å². The minimum absolute atomic E-state index is 0.104. The summed E-state index contributed by atoms with van der Waals surface area (Å²) in [5.74, 6) is 2.35.